The first-order valence-electron chi connectivity index (χ1n) is 9.56. The quantitative estimate of drug-likeness (QED) is 0.675. The van der Waals surface area contributed by atoms with E-state index >= 15 is 0 Å². The third-order valence-electron chi connectivity index (χ3n) is 5.03. The molecule has 1 fully saturated rings. The average molecular weight is 394 g/mol. The van der Waals surface area contributed by atoms with Crippen molar-refractivity contribution in [2.75, 3.05) is 23.3 Å². The molecule has 1 aromatic carbocycles. The average Bonchev–Trinajstić information content (AvgIpc) is 3.04. The van der Waals surface area contributed by atoms with Gasteiger partial charge in [-0.2, -0.15) is 0 Å². The molecule has 0 bridgehead atoms. The number of nitrogens with two attached hydrogens (primary N) is 1. The third-order valence-corrected chi connectivity index (χ3v) is 5.03. The molecule has 29 heavy (non-hydrogen) atoms. The molecule has 0 unspecified atom stereocenters. The van der Waals surface area contributed by atoms with Crippen molar-refractivity contribution in [1.82, 2.24) is 14.2 Å². The fourth-order valence-corrected chi connectivity index (χ4v) is 3.60. The minimum Gasteiger partial charge on any atom is -0.370 e. The van der Waals surface area contributed by atoms with Crippen molar-refractivity contribution in [1.29, 1.82) is 0 Å². The first kappa shape index (κ1) is 18.7. The first-order chi connectivity index (χ1) is 14.0. The van der Waals surface area contributed by atoms with Crippen LogP contribution < -0.4 is 21.6 Å². The van der Waals surface area contributed by atoms with Gasteiger partial charge in [0.2, 0.25) is 11.8 Å². The molecule has 3 aromatic rings. The first-order valence-corrected chi connectivity index (χ1v) is 9.56. The van der Waals surface area contributed by atoms with Gasteiger partial charge in [-0.15, -0.1) is 5.10 Å². The second kappa shape index (κ2) is 7.78. The summed E-state index contributed by atoms with van der Waals surface area (Å²) in [5.41, 5.74) is 7.14. The highest BCUT2D eigenvalue weighted by molar-refractivity contribution is 5.99. The largest absolute Gasteiger partial charge is 0.370 e. The topological polar surface area (TPSA) is 115 Å². The maximum absolute atomic E-state index is 12.7. The smallest absolute Gasteiger partial charge is 0.350 e. The number of fused-ring (bicyclic) bond motifs is 1. The minimum absolute atomic E-state index is 0.235. The number of primary amides is 1. The van der Waals surface area contributed by atoms with Crippen LogP contribution in [0, 0.1) is 0 Å². The van der Waals surface area contributed by atoms with Gasteiger partial charge in [0, 0.05) is 24.8 Å². The van der Waals surface area contributed by atoms with Crippen LogP contribution >= 0.6 is 0 Å². The molecule has 2 amide bonds. The predicted octanol–water partition coefficient (Wildman–Crippen LogP) is 1.22. The van der Waals surface area contributed by atoms with E-state index in [4.69, 9.17) is 5.73 Å². The number of aromatic nitrogens is 3. The molecule has 9 nitrogen and oxygen atoms in total. The molecule has 2 aromatic heterocycles. The van der Waals surface area contributed by atoms with Crippen LogP contribution in [0.15, 0.2) is 47.4 Å². The molecule has 0 aliphatic carbocycles. The lowest BCUT2D eigenvalue weighted by atomic mass is 10.1. The molecule has 0 radical (unpaired) electrons. The zero-order chi connectivity index (χ0) is 20.4. The fourth-order valence-electron chi connectivity index (χ4n) is 3.60. The SMILES string of the molecule is NC(=O)c1ccc(N2CCCCC2)c(NC(=O)Cn2nc3ccccn3c2=O)c1. The molecule has 1 aliphatic rings. The number of hydrogen-bond acceptors (Lipinski definition) is 5. The lowest BCUT2D eigenvalue weighted by Gasteiger charge is -2.30. The molecule has 0 saturated carbocycles. The summed E-state index contributed by atoms with van der Waals surface area (Å²) in [6, 6.07) is 10.2. The Morgan fingerprint density at radius 1 is 1.10 bits per heavy atom. The number of nitrogens with zero attached hydrogens (tertiary/aromatic N) is 4. The summed E-state index contributed by atoms with van der Waals surface area (Å²) >= 11 is 0. The van der Waals surface area contributed by atoms with Gasteiger partial charge < -0.3 is 16.0 Å². The van der Waals surface area contributed by atoms with Gasteiger partial charge in [0.25, 0.3) is 0 Å². The third kappa shape index (κ3) is 3.84. The van der Waals surface area contributed by atoms with Crippen LogP contribution in [-0.2, 0) is 11.3 Å². The summed E-state index contributed by atoms with van der Waals surface area (Å²) < 4.78 is 2.49. The van der Waals surface area contributed by atoms with Crippen LogP contribution in [0.3, 0.4) is 0 Å². The van der Waals surface area contributed by atoms with Gasteiger partial charge in [0.1, 0.15) is 6.54 Å². The molecule has 1 saturated heterocycles. The maximum Gasteiger partial charge on any atom is 0.350 e. The van der Waals surface area contributed by atoms with E-state index in [1.807, 2.05) is 0 Å². The minimum atomic E-state index is -0.567. The van der Waals surface area contributed by atoms with Crippen LogP contribution in [0.1, 0.15) is 29.6 Å². The van der Waals surface area contributed by atoms with Gasteiger partial charge >= 0.3 is 5.69 Å². The summed E-state index contributed by atoms with van der Waals surface area (Å²) in [6.45, 7) is 1.52. The number of piperidine rings is 1. The van der Waals surface area contributed by atoms with Crippen LogP contribution in [0.4, 0.5) is 11.4 Å². The summed E-state index contributed by atoms with van der Waals surface area (Å²) in [6.07, 6.45) is 4.92. The van der Waals surface area contributed by atoms with Gasteiger partial charge in [-0.25, -0.2) is 9.48 Å². The molecule has 9 heteroatoms. The highest BCUT2D eigenvalue weighted by atomic mass is 16.2. The Morgan fingerprint density at radius 3 is 2.62 bits per heavy atom. The van der Waals surface area contributed by atoms with Gasteiger partial charge in [-0.1, -0.05) is 6.07 Å². The van der Waals surface area contributed by atoms with E-state index in [1.165, 1.54) is 10.8 Å². The summed E-state index contributed by atoms with van der Waals surface area (Å²) in [7, 11) is 0. The lowest BCUT2D eigenvalue weighted by Crippen LogP contribution is -2.32. The standard InChI is InChI=1S/C20H22N6O3/c21-19(28)14-7-8-16(24-9-3-1-4-10-24)15(12-14)22-18(27)13-26-20(29)25-11-5-2-6-17(25)23-26/h2,5-8,11-12H,1,3-4,9-10,13H2,(H2,21,28)(H,22,27). The summed E-state index contributed by atoms with van der Waals surface area (Å²) in [5.74, 6) is -0.974. The highest BCUT2D eigenvalue weighted by Gasteiger charge is 2.18. The van der Waals surface area contributed by atoms with Gasteiger partial charge in [0.05, 0.1) is 11.4 Å². The van der Waals surface area contributed by atoms with E-state index in [0.717, 1.165) is 36.3 Å². The van der Waals surface area contributed by atoms with Crippen molar-refractivity contribution < 1.29 is 9.59 Å². The molecule has 1 aliphatic heterocycles. The van der Waals surface area contributed by atoms with Crippen molar-refractivity contribution in [3.05, 3.63) is 58.6 Å². The number of hydrogen-bond donors (Lipinski definition) is 2. The Labute approximate surface area is 166 Å². The molecular weight excluding hydrogens is 372 g/mol. The van der Waals surface area contributed by atoms with Gasteiger partial charge in [-0.3, -0.25) is 14.0 Å². The number of carbonyl (C=O) groups is 2. The number of pyridine rings is 1. The van der Waals surface area contributed by atoms with Crippen molar-refractivity contribution >= 4 is 28.8 Å². The Hall–Kier alpha value is -3.62. The Kier molecular flexibility index (Phi) is 5.03. The summed E-state index contributed by atoms with van der Waals surface area (Å²) in [5, 5.41) is 7.00. The highest BCUT2D eigenvalue weighted by Crippen LogP contribution is 2.29. The van der Waals surface area contributed by atoms with Gasteiger partial charge in [-0.05, 0) is 49.6 Å². The zero-order valence-corrected chi connectivity index (χ0v) is 15.9. The number of amides is 2. The van der Waals surface area contributed by atoms with Gasteiger partial charge in [0.15, 0.2) is 5.65 Å². The maximum atomic E-state index is 12.7. The predicted molar refractivity (Wildman–Crippen MR) is 109 cm³/mol. The Balaban J connectivity index is 1.60. The molecule has 0 atom stereocenters. The second-order valence-corrected chi connectivity index (χ2v) is 7.06. The molecule has 150 valence electrons. The summed E-state index contributed by atoms with van der Waals surface area (Å²) in [4.78, 5) is 38.8. The van der Waals surface area contributed by atoms with Crippen LogP contribution in [0.5, 0.6) is 0 Å². The number of anilines is 2. The van der Waals surface area contributed by atoms with E-state index in [2.05, 4.69) is 15.3 Å². The number of rotatable bonds is 5. The van der Waals surface area contributed by atoms with E-state index < -0.39 is 17.5 Å². The van der Waals surface area contributed by atoms with Crippen molar-refractivity contribution in [2.24, 2.45) is 5.73 Å². The normalized spacial score (nSPS) is 14.1. The van der Waals surface area contributed by atoms with Crippen LogP contribution in [0.25, 0.3) is 5.65 Å². The number of carbonyl (C=O) groups excluding carboxylic acids is 2. The molecule has 4 rings (SSSR count). The van der Waals surface area contributed by atoms with Crippen molar-refractivity contribution in [2.45, 2.75) is 25.8 Å². The van der Waals surface area contributed by atoms with E-state index in [1.54, 1.807) is 42.6 Å². The van der Waals surface area contributed by atoms with Crippen molar-refractivity contribution in [3.63, 3.8) is 0 Å². The molecule has 3 N–H and O–H groups in total. The zero-order valence-electron chi connectivity index (χ0n) is 15.9. The Morgan fingerprint density at radius 2 is 1.90 bits per heavy atom. The number of benzene rings is 1. The molecular formula is C20H22N6O3. The Bertz CT molecular complexity index is 1130. The van der Waals surface area contributed by atoms with E-state index in [9.17, 15) is 14.4 Å². The fraction of sp³-hybridized carbons (Fsp3) is 0.300. The van der Waals surface area contributed by atoms with E-state index in [-0.39, 0.29) is 6.54 Å². The molecule has 3 heterocycles. The molecule has 0 spiro atoms. The lowest BCUT2D eigenvalue weighted by molar-refractivity contribution is -0.117. The van der Waals surface area contributed by atoms with Crippen molar-refractivity contribution in [3.8, 4) is 0 Å². The van der Waals surface area contributed by atoms with Crippen LogP contribution in [0.2, 0.25) is 0 Å². The monoisotopic (exact) mass is 394 g/mol. The van der Waals surface area contributed by atoms with E-state index in [0.29, 0.717) is 16.9 Å². The number of nitrogens with one attached hydrogen (secondary N) is 1. The second-order valence-electron chi connectivity index (χ2n) is 7.06. The van der Waals surface area contributed by atoms with Crippen LogP contribution in [-0.4, -0.2) is 39.1 Å².